The van der Waals surface area contributed by atoms with E-state index in [4.69, 9.17) is 9.72 Å². The molecule has 1 aromatic carbocycles. The average Bonchev–Trinajstić information content (AvgIpc) is 2.78. The van der Waals surface area contributed by atoms with Crippen molar-refractivity contribution < 1.29 is 14.9 Å². The molecule has 1 fully saturated rings. The zero-order chi connectivity index (χ0) is 21.8. The first-order valence-corrected chi connectivity index (χ1v) is 11.4. The zero-order valence-electron chi connectivity index (χ0n) is 17.5. The fraction of sp³-hybridized carbons (Fsp3) is 0.429. The Morgan fingerprint density at radius 1 is 1.03 bits per heavy atom. The lowest BCUT2D eigenvalue weighted by Gasteiger charge is -2.31. The van der Waals surface area contributed by atoms with Crippen LogP contribution in [0.15, 0.2) is 36.7 Å². The Bertz CT molecular complexity index is 1010. The standard InChI is InChI=1S/C21H26N6O3S/c1-14(28)27(15(2)29)21-24-18-17(19(25-21)26-8-10-31-11-9-26)22-13-23-20(18)30-12-16-6-4-3-5-7-16/h3-7,13-15,28-29H,8-12H2,1-2H3. The predicted molar refractivity (Wildman–Crippen MR) is 121 cm³/mol. The molecule has 9 nitrogen and oxygen atoms in total. The lowest BCUT2D eigenvalue weighted by atomic mass is 10.2. The maximum Gasteiger partial charge on any atom is 0.244 e. The van der Waals surface area contributed by atoms with Gasteiger partial charge < -0.3 is 19.8 Å². The van der Waals surface area contributed by atoms with Gasteiger partial charge in [0.25, 0.3) is 0 Å². The molecule has 1 aliphatic heterocycles. The monoisotopic (exact) mass is 442 g/mol. The van der Waals surface area contributed by atoms with Crippen molar-refractivity contribution in [3.8, 4) is 5.88 Å². The van der Waals surface area contributed by atoms with Crippen molar-refractivity contribution >= 4 is 34.6 Å². The first-order valence-electron chi connectivity index (χ1n) is 10.2. The van der Waals surface area contributed by atoms with Crippen LogP contribution in [0.2, 0.25) is 0 Å². The average molecular weight is 443 g/mol. The van der Waals surface area contributed by atoms with Gasteiger partial charge in [0.15, 0.2) is 11.3 Å². The van der Waals surface area contributed by atoms with Gasteiger partial charge in [0, 0.05) is 24.6 Å². The topological polar surface area (TPSA) is 108 Å². The number of rotatable bonds is 7. The van der Waals surface area contributed by atoms with E-state index in [1.807, 2.05) is 42.1 Å². The lowest BCUT2D eigenvalue weighted by molar-refractivity contribution is 0.103. The highest BCUT2D eigenvalue weighted by Crippen LogP contribution is 2.31. The van der Waals surface area contributed by atoms with E-state index in [9.17, 15) is 10.2 Å². The molecule has 2 N–H and O–H groups in total. The molecule has 4 rings (SSSR count). The third-order valence-corrected chi connectivity index (χ3v) is 5.93. The van der Waals surface area contributed by atoms with Crippen LogP contribution >= 0.6 is 11.8 Å². The van der Waals surface area contributed by atoms with Crippen LogP contribution in [0.1, 0.15) is 19.4 Å². The Morgan fingerprint density at radius 3 is 2.42 bits per heavy atom. The second kappa shape index (κ2) is 9.63. The van der Waals surface area contributed by atoms with Crippen molar-refractivity contribution in [2.24, 2.45) is 0 Å². The fourth-order valence-electron chi connectivity index (χ4n) is 3.49. The Kier molecular flexibility index (Phi) is 6.69. The van der Waals surface area contributed by atoms with Gasteiger partial charge in [-0.05, 0) is 19.4 Å². The minimum atomic E-state index is -0.986. The molecular formula is C21H26N6O3S. The molecule has 3 heterocycles. The molecule has 1 saturated heterocycles. The van der Waals surface area contributed by atoms with E-state index in [2.05, 4.69) is 19.9 Å². The number of fused-ring (bicyclic) bond motifs is 1. The van der Waals surface area contributed by atoms with Crippen LogP contribution in [-0.2, 0) is 6.61 Å². The number of aliphatic hydroxyl groups is 2. The molecule has 164 valence electrons. The Balaban J connectivity index is 1.80. The van der Waals surface area contributed by atoms with Crippen LogP contribution in [-0.4, -0.2) is 67.2 Å². The van der Waals surface area contributed by atoms with Crippen LogP contribution in [0.5, 0.6) is 5.88 Å². The second-order valence-corrected chi connectivity index (χ2v) is 8.49. The molecule has 0 bridgehead atoms. The van der Waals surface area contributed by atoms with E-state index in [0.717, 1.165) is 30.2 Å². The normalized spacial score (nSPS) is 16.2. The summed E-state index contributed by atoms with van der Waals surface area (Å²) >= 11 is 1.89. The molecule has 0 spiro atoms. The van der Waals surface area contributed by atoms with Gasteiger partial charge in [-0.2, -0.15) is 21.7 Å². The number of aromatic nitrogens is 4. The Labute approximate surface area is 185 Å². The quantitative estimate of drug-likeness (QED) is 0.528. The van der Waals surface area contributed by atoms with Crippen LogP contribution in [0.4, 0.5) is 11.8 Å². The van der Waals surface area contributed by atoms with Crippen LogP contribution < -0.4 is 14.5 Å². The Morgan fingerprint density at radius 2 is 1.74 bits per heavy atom. The smallest absolute Gasteiger partial charge is 0.244 e. The van der Waals surface area contributed by atoms with Gasteiger partial charge in [-0.15, -0.1) is 0 Å². The summed E-state index contributed by atoms with van der Waals surface area (Å²) in [6, 6.07) is 9.80. The molecule has 10 heteroatoms. The van der Waals surface area contributed by atoms with Gasteiger partial charge in [0.05, 0.1) is 0 Å². The number of nitrogens with zero attached hydrogens (tertiary/aromatic N) is 6. The van der Waals surface area contributed by atoms with E-state index in [1.165, 1.54) is 11.2 Å². The largest absolute Gasteiger partial charge is 0.471 e. The first-order chi connectivity index (χ1) is 15.0. The van der Waals surface area contributed by atoms with Gasteiger partial charge in [0.2, 0.25) is 11.8 Å². The summed E-state index contributed by atoms with van der Waals surface area (Å²) in [6.45, 7) is 5.10. The summed E-state index contributed by atoms with van der Waals surface area (Å²) in [5.74, 6) is 3.16. The van der Waals surface area contributed by atoms with E-state index in [-0.39, 0.29) is 5.95 Å². The van der Waals surface area contributed by atoms with Crippen molar-refractivity contribution in [3.63, 3.8) is 0 Å². The molecule has 2 aromatic heterocycles. The summed E-state index contributed by atoms with van der Waals surface area (Å²) < 4.78 is 6.00. The number of hydrogen-bond donors (Lipinski definition) is 2. The van der Waals surface area contributed by atoms with Gasteiger partial charge >= 0.3 is 0 Å². The first kappa shape index (κ1) is 21.5. The minimum absolute atomic E-state index is 0.199. The summed E-state index contributed by atoms with van der Waals surface area (Å²) in [4.78, 5) is 21.5. The number of thioether (sulfide) groups is 1. The van der Waals surface area contributed by atoms with Gasteiger partial charge in [-0.1, -0.05) is 30.3 Å². The number of aliphatic hydroxyl groups excluding tert-OH is 2. The van der Waals surface area contributed by atoms with E-state index >= 15 is 0 Å². The van der Waals surface area contributed by atoms with E-state index in [1.54, 1.807) is 13.8 Å². The lowest BCUT2D eigenvalue weighted by Crippen LogP contribution is -2.42. The molecule has 0 saturated carbocycles. The van der Waals surface area contributed by atoms with Crippen molar-refractivity contribution in [3.05, 3.63) is 42.2 Å². The molecule has 2 atom stereocenters. The number of hydrogen-bond acceptors (Lipinski definition) is 10. The number of benzene rings is 1. The number of anilines is 2. The van der Waals surface area contributed by atoms with Gasteiger partial charge in [-0.25, -0.2) is 9.97 Å². The molecule has 0 radical (unpaired) electrons. The SMILES string of the molecule is CC(O)N(c1nc(N2CCSCC2)c2ncnc(OCc3ccccc3)c2n1)C(C)O. The van der Waals surface area contributed by atoms with Crippen LogP contribution in [0.25, 0.3) is 11.0 Å². The van der Waals surface area contributed by atoms with Crippen LogP contribution in [0, 0.1) is 0 Å². The summed E-state index contributed by atoms with van der Waals surface area (Å²) in [5.41, 5.74) is 2.04. The zero-order valence-corrected chi connectivity index (χ0v) is 18.4. The third-order valence-electron chi connectivity index (χ3n) is 4.98. The Hall–Kier alpha value is -2.69. The molecule has 31 heavy (non-hydrogen) atoms. The summed E-state index contributed by atoms with van der Waals surface area (Å²) in [5, 5.41) is 20.5. The maximum absolute atomic E-state index is 10.2. The molecule has 0 aliphatic carbocycles. The maximum atomic E-state index is 10.2. The van der Waals surface area contributed by atoms with E-state index < -0.39 is 12.5 Å². The summed E-state index contributed by atoms with van der Waals surface area (Å²) in [7, 11) is 0. The van der Waals surface area contributed by atoms with Crippen molar-refractivity contribution in [2.45, 2.75) is 32.9 Å². The summed E-state index contributed by atoms with van der Waals surface area (Å²) in [6.07, 6.45) is -0.518. The molecule has 0 amide bonds. The minimum Gasteiger partial charge on any atom is -0.471 e. The molecule has 1 aliphatic rings. The van der Waals surface area contributed by atoms with Crippen molar-refractivity contribution in [1.29, 1.82) is 0 Å². The molecular weight excluding hydrogens is 416 g/mol. The molecule has 2 unspecified atom stereocenters. The predicted octanol–water partition coefficient (Wildman–Crippen LogP) is 2.03. The highest BCUT2D eigenvalue weighted by Gasteiger charge is 2.26. The second-order valence-electron chi connectivity index (χ2n) is 7.27. The highest BCUT2D eigenvalue weighted by atomic mass is 32.2. The number of ether oxygens (including phenoxy) is 1. The van der Waals surface area contributed by atoms with Crippen molar-refractivity contribution in [2.75, 3.05) is 34.4 Å². The third kappa shape index (κ3) is 4.81. The van der Waals surface area contributed by atoms with Gasteiger partial charge in [-0.3, -0.25) is 4.90 Å². The van der Waals surface area contributed by atoms with E-state index in [0.29, 0.717) is 29.3 Å². The molecule has 3 aromatic rings. The van der Waals surface area contributed by atoms with Crippen molar-refractivity contribution in [1.82, 2.24) is 19.9 Å². The highest BCUT2D eigenvalue weighted by molar-refractivity contribution is 7.99. The fourth-order valence-corrected chi connectivity index (χ4v) is 4.39. The van der Waals surface area contributed by atoms with Crippen LogP contribution in [0.3, 0.4) is 0 Å². The van der Waals surface area contributed by atoms with Gasteiger partial charge in [0.1, 0.15) is 30.9 Å².